The van der Waals surface area contributed by atoms with Crippen LogP contribution in [0.1, 0.15) is 28.8 Å². The van der Waals surface area contributed by atoms with Gasteiger partial charge in [-0.3, -0.25) is 0 Å². The van der Waals surface area contributed by atoms with Crippen molar-refractivity contribution in [3.8, 4) is 0 Å². The first-order valence-electron chi connectivity index (χ1n) is 6.40. The lowest BCUT2D eigenvalue weighted by Gasteiger charge is -2.14. The van der Waals surface area contributed by atoms with E-state index in [1.54, 1.807) is 30.0 Å². The number of anilines is 1. The van der Waals surface area contributed by atoms with E-state index in [1.807, 2.05) is 13.2 Å². The van der Waals surface area contributed by atoms with Crippen LogP contribution in [0.5, 0.6) is 0 Å². The Hall–Kier alpha value is -1.69. The Bertz CT molecular complexity index is 541. The maximum absolute atomic E-state index is 11.8. The molecule has 0 aliphatic heterocycles. The fourth-order valence-electron chi connectivity index (χ4n) is 1.94. The van der Waals surface area contributed by atoms with E-state index in [4.69, 9.17) is 5.11 Å². The highest BCUT2D eigenvalue weighted by atomic mass is 32.2. The normalized spacial score (nSPS) is 15.5. The molecule has 1 saturated carbocycles. The van der Waals surface area contributed by atoms with E-state index in [1.165, 1.54) is 0 Å². The molecule has 0 bridgehead atoms. The van der Waals surface area contributed by atoms with E-state index < -0.39 is 5.97 Å². The Morgan fingerprint density at radius 1 is 1.40 bits per heavy atom. The Kier molecular flexibility index (Phi) is 4.23. The van der Waals surface area contributed by atoms with Crippen LogP contribution in [0.2, 0.25) is 0 Å². The zero-order valence-corrected chi connectivity index (χ0v) is 12.3. The summed E-state index contributed by atoms with van der Waals surface area (Å²) in [5.41, 5.74) is 1.26. The van der Waals surface area contributed by atoms with E-state index in [-0.39, 0.29) is 16.3 Å². The molecule has 108 valence electrons. The van der Waals surface area contributed by atoms with Crippen molar-refractivity contribution < 1.29 is 14.7 Å². The number of aryl methyl sites for hydroxylation is 1. The number of aromatic carboxylic acids is 1. The SMILES string of the molecule is CSC1(CNC(=O)Nc2ccc(C)cc2C(=O)O)CC1. The summed E-state index contributed by atoms with van der Waals surface area (Å²) in [6.45, 7) is 2.42. The molecule has 1 fully saturated rings. The number of urea groups is 1. The number of carbonyl (C=O) groups is 2. The van der Waals surface area contributed by atoms with Gasteiger partial charge in [0.2, 0.25) is 0 Å². The Morgan fingerprint density at radius 2 is 2.10 bits per heavy atom. The number of rotatable bonds is 5. The number of carboxylic acid groups (broad SMARTS) is 1. The lowest BCUT2D eigenvalue weighted by molar-refractivity contribution is 0.0698. The van der Waals surface area contributed by atoms with Crippen LogP contribution in [-0.2, 0) is 0 Å². The monoisotopic (exact) mass is 294 g/mol. The molecule has 20 heavy (non-hydrogen) atoms. The molecular weight excluding hydrogens is 276 g/mol. The molecule has 0 radical (unpaired) electrons. The number of carbonyl (C=O) groups excluding carboxylic acids is 1. The quantitative estimate of drug-likeness (QED) is 0.780. The van der Waals surface area contributed by atoms with Crippen LogP contribution in [0, 0.1) is 6.92 Å². The minimum Gasteiger partial charge on any atom is -0.478 e. The fraction of sp³-hybridized carbons (Fsp3) is 0.429. The number of nitrogens with one attached hydrogen (secondary N) is 2. The summed E-state index contributed by atoms with van der Waals surface area (Å²) in [7, 11) is 0. The first-order chi connectivity index (χ1) is 9.46. The minimum absolute atomic E-state index is 0.103. The zero-order chi connectivity index (χ0) is 14.8. The standard InChI is InChI=1S/C14H18N2O3S/c1-9-3-4-11(10(7-9)12(17)18)16-13(19)15-8-14(20-2)5-6-14/h3-4,7H,5-6,8H2,1-2H3,(H,17,18)(H2,15,16,19). The van der Waals surface area contributed by atoms with Gasteiger partial charge in [0.1, 0.15) is 0 Å². The third-order valence-corrected chi connectivity index (χ3v) is 4.88. The van der Waals surface area contributed by atoms with Crippen molar-refractivity contribution in [2.45, 2.75) is 24.5 Å². The molecule has 0 heterocycles. The van der Waals surface area contributed by atoms with E-state index in [0.29, 0.717) is 12.2 Å². The van der Waals surface area contributed by atoms with Gasteiger partial charge in [-0.2, -0.15) is 11.8 Å². The number of amides is 2. The average molecular weight is 294 g/mol. The van der Waals surface area contributed by atoms with Crippen LogP contribution >= 0.6 is 11.8 Å². The van der Waals surface area contributed by atoms with E-state index in [0.717, 1.165) is 18.4 Å². The molecule has 0 atom stereocenters. The first kappa shape index (κ1) is 14.7. The molecule has 0 aromatic heterocycles. The molecule has 1 aliphatic rings. The molecule has 0 unspecified atom stereocenters. The molecule has 2 amide bonds. The van der Waals surface area contributed by atoms with Gasteiger partial charge in [-0.15, -0.1) is 0 Å². The van der Waals surface area contributed by atoms with Crippen LogP contribution in [-0.4, -0.2) is 34.7 Å². The van der Waals surface area contributed by atoms with E-state index in [9.17, 15) is 9.59 Å². The fourth-order valence-corrected chi connectivity index (χ4v) is 2.67. The second-order valence-corrected chi connectivity index (χ2v) is 6.32. The van der Waals surface area contributed by atoms with Crippen molar-refractivity contribution in [1.29, 1.82) is 0 Å². The summed E-state index contributed by atoms with van der Waals surface area (Å²) >= 11 is 1.76. The van der Waals surface area contributed by atoms with Crippen LogP contribution in [0.25, 0.3) is 0 Å². The predicted molar refractivity (Wildman–Crippen MR) is 80.6 cm³/mol. The van der Waals surface area contributed by atoms with Crippen molar-refractivity contribution in [2.75, 3.05) is 18.1 Å². The third kappa shape index (κ3) is 3.45. The summed E-state index contributed by atoms with van der Waals surface area (Å²) in [5, 5.41) is 14.5. The van der Waals surface area contributed by atoms with Gasteiger partial charge in [0.15, 0.2) is 0 Å². The van der Waals surface area contributed by atoms with E-state index >= 15 is 0 Å². The summed E-state index contributed by atoms with van der Waals surface area (Å²) in [5.74, 6) is -1.05. The van der Waals surface area contributed by atoms with Crippen LogP contribution in [0.4, 0.5) is 10.5 Å². The molecule has 1 aromatic rings. The smallest absolute Gasteiger partial charge is 0.337 e. The lowest BCUT2D eigenvalue weighted by atomic mass is 10.1. The number of thioether (sulfide) groups is 1. The zero-order valence-electron chi connectivity index (χ0n) is 11.5. The van der Waals surface area contributed by atoms with Gasteiger partial charge in [0, 0.05) is 11.3 Å². The Labute approximate surface area is 122 Å². The third-order valence-electron chi connectivity index (χ3n) is 3.47. The summed E-state index contributed by atoms with van der Waals surface area (Å²) in [6, 6.07) is 4.56. The largest absolute Gasteiger partial charge is 0.478 e. The van der Waals surface area contributed by atoms with Gasteiger partial charge >= 0.3 is 12.0 Å². The first-order valence-corrected chi connectivity index (χ1v) is 7.62. The molecule has 1 aliphatic carbocycles. The molecule has 1 aromatic carbocycles. The minimum atomic E-state index is -1.05. The highest BCUT2D eigenvalue weighted by molar-refractivity contribution is 8.00. The summed E-state index contributed by atoms with van der Waals surface area (Å²) in [4.78, 5) is 23.0. The Balaban J connectivity index is 1.99. The molecule has 0 saturated heterocycles. The number of hydrogen-bond acceptors (Lipinski definition) is 3. The number of hydrogen-bond donors (Lipinski definition) is 3. The van der Waals surface area contributed by atoms with Crippen molar-refractivity contribution >= 4 is 29.4 Å². The van der Waals surface area contributed by atoms with Gasteiger partial charge in [0.05, 0.1) is 11.3 Å². The second-order valence-electron chi connectivity index (χ2n) is 5.05. The summed E-state index contributed by atoms with van der Waals surface area (Å²) in [6.07, 6.45) is 4.26. The van der Waals surface area contributed by atoms with Crippen molar-refractivity contribution in [1.82, 2.24) is 5.32 Å². The van der Waals surface area contributed by atoms with Crippen LogP contribution in [0.15, 0.2) is 18.2 Å². The molecule has 0 spiro atoms. The van der Waals surface area contributed by atoms with Gasteiger partial charge in [-0.05, 0) is 38.2 Å². The lowest BCUT2D eigenvalue weighted by Crippen LogP contribution is -2.35. The van der Waals surface area contributed by atoms with E-state index in [2.05, 4.69) is 10.6 Å². The highest BCUT2D eigenvalue weighted by Crippen LogP contribution is 2.46. The van der Waals surface area contributed by atoms with Crippen molar-refractivity contribution in [2.24, 2.45) is 0 Å². The van der Waals surface area contributed by atoms with Crippen molar-refractivity contribution in [3.05, 3.63) is 29.3 Å². The second kappa shape index (κ2) is 5.75. The van der Waals surface area contributed by atoms with Crippen LogP contribution in [0.3, 0.4) is 0 Å². The van der Waals surface area contributed by atoms with Gasteiger partial charge in [-0.1, -0.05) is 11.6 Å². The average Bonchev–Trinajstić information content (AvgIpc) is 3.19. The molecule has 6 heteroatoms. The molecule has 5 nitrogen and oxygen atoms in total. The predicted octanol–water partition coefficient (Wildman–Crippen LogP) is 2.71. The molecule has 3 N–H and O–H groups in total. The number of carboxylic acids is 1. The topological polar surface area (TPSA) is 78.4 Å². The highest BCUT2D eigenvalue weighted by Gasteiger charge is 2.41. The van der Waals surface area contributed by atoms with Gasteiger partial charge < -0.3 is 15.7 Å². The van der Waals surface area contributed by atoms with Crippen molar-refractivity contribution in [3.63, 3.8) is 0 Å². The maximum Gasteiger partial charge on any atom is 0.337 e. The van der Waals surface area contributed by atoms with Gasteiger partial charge in [-0.25, -0.2) is 9.59 Å². The van der Waals surface area contributed by atoms with Crippen LogP contribution < -0.4 is 10.6 Å². The number of benzene rings is 1. The maximum atomic E-state index is 11.8. The molecular formula is C14H18N2O3S. The summed E-state index contributed by atoms with van der Waals surface area (Å²) < 4.78 is 0.181. The molecule has 2 rings (SSSR count). The Morgan fingerprint density at radius 3 is 2.65 bits per heavy atom. The van der Waals surface area contributed by atoms with Gasteiger partial charge in [0.25, 0.3) is 0 Å².